The molecular formula is C16H16BrN5O3. The van der Waals surface area contributed by atoms with E-state index in [0.29, 0.717) is 5.56 Å². The predicted molar refractivity (Wildman–Crippen MR) is 96.6 cm³/mol. The average Bonchev–Trinajstić information content (AvgIpc) is 2.61. The summed E-state index contributed by atoms with van der Waals surface area (Å²) in [7, 11) is 2.78. The number of nitriles is 1. The van der Waals surface area contributed by atoms with Crippen molar-refractivity contribution in [3.8, 4) is 6.07 Å². The lowest BCUT2D eigenvalue weighted by atomic mass is 10.2. The van der Waals surface area contributed by atoms with Crippen LogP contribution in [0.1, 0.15) is 15.9 Å². The highest BCUT2D eigenvalue weighted by Crippen LogP contribution is 2.10. The van der Waals surface area contributed by atoms with Crippen molar-refractivity contribution in [2.75, 3.05) is 18.4 Å². The Morgan fingerprint density at radius 1 is 1.16 bits per heavy atom. The van der Waals surface area contributed by atoms with Gasteiger partial charge in [-0.05, 0) is 24.3 Å². The van der Waals surface area contributed by atoms with Crippen molar-refractivity contribution in [1.82, 2.24) is 14.5 Å². The molecule has 25 heavy (non-hydrogen) atoms. The van der Waals surface area contributed by atoms with Crippen LogP contribution in [0.15, 0.2) is 38.3 Å². The molecule has 0 unspecified atom stereocenters. The van der Waals surface area contributed by atoms with Crippen LogP contribution < -0.4 is 21.9 Å². The van der Waals surface area contributed by atoms with Gasteiger partial charge in [0.15, 0.2) is 5.56 Å². The first-order valence-corrected chi connectivity index (χ1v) is 8.14. The van der Waals surface area contributed by atoms with Crippen LogP contribution in [0.3, 0.4) is 0 Å². The molecule has 0 aliphatic carbocycles. The molecule has 8 nitrogen and oxygen atoms in total. The summed E-state index contributed by atoms with van der Waals surface area (Å²) < 4.78 is 2.94. The normalized spacial score (nSPS) is 10.2. The molecule has 0 radical (unpaired) electrons. The van der Waals surface area contributed by atoms with Gasteiger partial charge in [-0.15, -0.1) is 0 Å². The minimum absolute atomic E-state index is 0.133. The van der Waals surface area contributed by atoms with E-state index in [0.717, 1.165) is 9.04 Å². The molecule has 1 heterocycles. The Balaban J connectivity index is 2.04. The van der Waals surface area contributed by atoms with Crippen LogP contribution in [-0.4, -0.2) is 28.1 Å². The maximum absolute atomic E-state index is 12.0. The summed E-state index contributed by atoms with van der Waals surface area (Å²) in [6.45, 7) is 0.501. The van der Waals surface area contributed by atoms with Gasteiger partial charge in [-0.2, -0.15) is 5.26 Å². The van der Waals surface area contributed by atoms with Crippen LogP contribution in [0.4, 0.5) is 5.82 Å². The second kappa shape index (κ2) is 7.81. The van der Waals surface area contributed by atoms with Crippen molar-refractivity contribution in [2.45, 2.75) is 0 Å². The Bertz CT molecular complexity index is 954. The third-order valence-corrected chi connectivity index (χ3v) is 4.11. The molecule has 0 atom stereocenters. The van der Waals surface area contributed by atoms with E-state index in [1.165, 1.54) is 18.7 Å². The summed E-state index contributed by atoms with van der Waals surface area (Å²) in [4.78, 5) is 35.9. The molecular weight excluding hydrogens is 390 g/mol. The summed E-state index contributed by atoms with van der Waals surface area (Å²) >= 11 is 3.30. The summed E-state index contributed by atoms with van der Waals surface area (Å²) in [5, 5.41) is 14.7. The molecule has 2 aromatic rings. The monoisotopic (exact) mass is 405 g/mol. The lowest BCUT2D eigenvalue weighted by Crippen LogP contribution is -2.40. The van der Waals surface area contributed by atoms with Crippen molar-refractivity contribution in [3.63, 3.8) is 0 Å². The molecule has 0 fully saturated rings. The van der Waals surface area contributed by atoms with Gasteiger partial charge in [0.25, 0.3) is 11.5 Å². The number of hydrogen-bond donors (Lipinski definition) is 2. The number of aromatic nitrogens is 2. The number of nitrogens with zero attached hydrogens (tertiary/aromatic N) is 3. The summed E-state index contributed by atoms with van der Waals surface area (Å²) in [5.74, 6) is -0.110. The fourth-order valence-corrected chi connectivity index (χ4v) is 2.48. The average molecular weight is 406 g/mol. The molecule has 0 bridgehead atoms. The number of nitrogens with one attached hydrogen (secondary N) is 2. The number of amides is 1. The van der Waals surface area contributed by atoms with Gasteiger partial charge >= 0.3 is 5.69 Å². The van der Waals surface area contributed by atoms with E-state index < -0.39 is 11.2 Å². The molecule has 1 aromatic heterocycles. The highest BCUT2D eigenvalue weighted by molar-refractivity contribution is 9.10. The first-order valence-electron chi connectivity index (χ1n) is 7.34. The van der Waals surface area contributed by atoms with Crippen molar-refractivity contribution in [3.05, 3.63) is 60.7 Å². The standard InChI is InChI=1S/C16H16BrN5O3/c1-21-13(12(9-18)15(24)22(2)16(21)25)19-7-8-20-14(23)10-3-5-11(17)6-4-10/h3-6,19H,7-8H2,1-2H3,(H,20,23). The first-order chi connectivity index (χ1) is 11.9. The number of hydrogen-bond acceptors (Lipinski definition) is 5. The zero-order chi connectivity index (χ0) is 18.6. The van der Waals surface area contributed by atoms with Crippen molar-refractivity contribution < 1.29 is 4.79 Å². The van der Waals surface area contributed by atoms with E-state index in [1.54, 1.807) is 30.3 Å². The van der Waals surface area contributed by atoms with E-state index in [1.807, 2.05) is 0 Å². The van der Waals surface area contributed by atoms with Gasteiger partial charge in [0.2, 0.25) is 0 Å². The first kappa shape index (κ1) is 18.5. The molecule has 0 saturated heterocycles. The van der Waals surface area contributed by atoms with E-state index >= 15 is 0 Å². The molecule has 1 amide bonds. The van der Waals surface area contributed by atoms with E-state index in [9.17, 15) is 14.4 Å². The molecule has 0 aliphatic rings. The van der Waals surface area contributed by atoms with Crippen molar-refractivity contribution in [2.24, 2.45) is 14.1 Å². The summed E-state index contributed by atoms with van der Waals surface area (Å²) in [5.41, 5.74) is -0.830. The SMILES string of the molecule is Cn1c(NCCNC(=O)c2ccc(Br)cc2)c(C#N)c(=O)n(C)c1=O. The van der Waals surface area contributed by atoms with E-state index in [4.69, 9.17) is 5.26 Å². The Morgan fingerprint density at radius 2 is 1.80 bits per heavy atom. The second-order valence-electron chi connectivity index (χ2n) is 5.23. The quantitative estimate of drug-likeness (QED) is 0.706. The van der Waals surface area contributed by atoms with E-state index in [-0.39, 0.29) is 30.4 Å². The fourth-order valence-electron chi connectivity index (χ4n) is 2.21. The third kappa shape index (κ3) is 3.97. The highest BCUT2D eigenvalue weighted by atomic mass is 79.9. The number of carbonyl (C=O) groups is 1. The van der Waals surface area contributed by atoms with Gasteiger partial charge in [-0.3, -0.25) is 18.7 Å². The Kier molecular flexibility index (Phi) is 5.77. The largest absolute Gasteiger partial charge is 0.368 e. The minimum atomic E-state index is -0.660. The molecule has 0 aliphatic heterocycles. The van der Waals surface area contributed by atoms with Gasteiger partial charge in [-0.1, -0.05) is 15.9 Å². The Morgan fingerprint density at radius 3 is 2.40 bits per heavy atom. The predicted octanol–water partition coefficient (Wildman–Crippen LogP) is 0.560. The van der Waals surface area contributed by atoms with Gasteiger partial charge in [-0.25, -0.2) is 4.79 Å². The zero-order valence-corrected chi connectivity index (χ0v) is 15.3. The molecule has 0 saturated carbocycles. The zero-order valence-electron chi connectivity index (χ0n) is 13.7. The van der Waals surface area contributed by atoms with Gasteiger partial charge in [0.1, 0.15) is 11.9 Å². The summed E-state index contributed by atoms with van der Waals surface area (Å²) in [6.07, 6.45) is 0. The smallest absolute Gasteiger partial charge is 0.332 e. The lowest BCUT2D eigenvalue weighted by molar-refractivity contribution is 0.0955. The molecule has 2 rings (SSSR count). The van der Waals surface area contributed by atoms with Gasteiger partial charge in [0.05, 0.1) is 0 Å². The summed E-state index contributed by atoms with van der Waals surface area (Å²) in [6, 6.07) is 8.71. The minimum Gasteiger partial charge on any atom is -0.368 e. The molecule has 2 N–H and O–H groups in total. The van der Waals surface area contributed by atoms with Crippen molar-refractivity contribution in [1.29, 1.82) is 5.26 Å². The Hall–Kier alpha value is -2.86. The number of halogens is 1. The Labute approximate surface area is 151 Å². The molecule has 0 spiro atoms. The maximum atomic E-state index is 12.0. The lowest BCUT2D eigenvalue weighted by Gasteiger charge is -2.14. The number of carbonyl (C=O) groups excluding carboxylic acids is 1. The highest BCUT2D eigenvalue weighted by Gasteiger charge is 2.14. The molecule has 130 valence electrons. The van der Waals surface area contributed by atoms with Gasteiger partial charge in [0, 0.05) is 37.2 Å². The molecule has 9 heteroatoms. The second-order valence-corrected chi connectivity index (χ2v) is 6.15. The van der Waals surface area contributed by atoms with Crippen LogP contribution >= 0.6 is 15.9 Å². The number of benzene rings is 1. The van der Waals surface area contributed by atoms with E-state index in [2.05, 4.69) is 26.6 Å². The molecule has 1 aromatic carbocycles. The van der Waals surface area contributed by atoms with Crippen LogP contribution in [0.2, 0.25) is 0 Å². The maximum Gasteiger partial charge on any atom is 0.332 e. The third-order valence-electron chi connectivity index (χ3n) is 3.59. The topological polar surface area (TPSA) is 109 Å². The van der Waals surface area contributed by atoms with Crippen LogP contribution in [0.5, 0.6) is 0 Å². The van der Waals surface area contributed by atoms with Crippen LogP contribution in [0.25, 0.3) is 0 Å². The van der Waals surface area contributed by atoms with Crippen LogP contribution in [0, 0.1) is 11.3 Å². The number of rotatable bonds is 5. The fraction of sp³-hybridized carbons (Fsp3) is 0.250. The van der Waals surface area contributed by atoms with Gasteiger partial charge < -0.3 is 10.6 Å². The van der Waals surface area contributed by atoms with Crippen LogP contribution in [-0.2, 0) is 14.1 Å². The number of anilines is 1. The van der Waals surface area contributed by atoms with Crippen molar-refractivity contribution >= 4 is 27.7 Å².